The zero-order valence-corrected chi connectivity index (χ0v) is 11.5. The smallest absolute Gasteiger partial charge is 0.157 e. The van der Waals surface area contributed by atoms with Crippen LogP contribution in [0.1, 0.15) is 31.5 Å². The highest BCUT2D eigenvalue weighted by atomic mass is 32.2. The number of nitrogens with one attached hydrogen (secondary N) is 1. The summed E-state index contributed by atoms with van der Waals surface area (Å²) in [5.41, 5.74) is 2.57. The third kappa shape index (κ3) is 3.83. The summed E-state index contributed by atoms with van der Waals surface area (Å²) < 4.78 is 5.06. The lowest BCUT2D eigenvalue weighted by Crippen LogP contribution is -2.11. The normalized spacial score (nSPS) is 16.1. The van der Waals surface area contributed by atoms with Crippen molar-refractivity contribution in [3.8, 4) is 0 Å². The van der Waals surface area contributed by atoms with Crippen LogP contribution in [0.3, 0.4) is 0 Å². The van der Waals surface area contributed by atoms with Crippen molar-refractivity contribution in [1.82, 2.24) is 9.97 Å². The fourth-order valence-corrected chi connectivity index (χ4v) is 3.30. The predicted molar refractivity (Wildman–Crippen MR) is 73.2 cm³/mol. The van der Waals surface area contributed by atoms with Gasteiger partial charge in [-0.25, -0.2) is 15.8 Å². The summed E-state index contributed by atoms with van der Waals surface area (Å²) in [6.07, 6.45) is 5.45. The third-order valence-electron chi connectivity index (χ3n) is 3.11. The Bertz CT molecular complexity index is 382. The van der Waals surface area contributed by atoms with Crippen molar-refractivity contribution >= 4 is 17.6 Å². The van der Waals surface area contributed by atoms with Crippen LogP contribution in [-0.4, -0.2) is 22.8 Å². The number of hydrogen-bond acceptors (Lipinski definition) is 6. The Labute approximate surface area is 112 Å². The molecule has 6 heteroatoms. The fraction of sp³-hybridized carbons (Fsp3) is 0.667. The molecule has 1 aromatic heterocycles. The maximum Gasteiger partial charge on any atom is 0.157 e. The fourth-order valence-electron chi connectivity index (χ4n) is 2.19. The van der Waals surface area contributed by atoms with Gasteiger partial charge in [0.2, 0.25) is 0 Å². The summed E-state index contributed by atoms with van der Waals surface area (Å²) in [5, 5.41) is 0.969. The minimum Gasteiger partial charge on any atom is -0.377 e. The van der Waals surface area contributed by atoms with Gasteiger partial charge in [-0.1, -0.05) is 12.8 Å². The van der Waals surface area contributed by atoms with Gasteiger partial charge in [0.15, 0.2) is 5.82 Å². The topological polar surface area (TPSA) is 73.1 Å². The molecular formula is C12H20N4OS. The molecule has 0 unspecified atom stereocenters. The molecule has 100 valence electrons. The van der Waals surface area contributed by atoms with Gasteiger partial charge >= 0.3 is 0 Å². The Kier molecular flexibility index (Phi) is 5.22. The zero-order chi connectivity index (χ0) is 12.8. The summed E-state index contributed by atoms with van der Waals surface area (Å²) in [4.78, 5) is 8.70. The third-order valence-corrected chi connectivity index (χ3v) is 4.25. The summed E-state index contributed by atoms with van der Waals surface area (Å²) >= 11 is 1.79. The summed E-state index contributed by atoms with van der Waals surface area (Å²) in [7, 11) is 1.64. The Hall–Kier alpha value is -0.850. The van der Waals surface area contributed by atoms with Crippen LogP contribution in [0, 0.1) is 5.92 Å². The molecule has 1 fully saturated rings. The quantitative estimate of drug-likeness (QED) is 0.356. The number of anilines is 1. The number of aromatic nitrogens is 2. The molecule has 2 rings (SSSR count). The molecule has 1 aliphatic carbocycles. The van der Waals surface area contributed by atoms with Crippen molar-refractivity contribution < 1.29 is 4.74 Å². The van der Waals surface area contributed by atoms with E-state index in [2.05, 4.69) is 15.4 Å². The number of rotatable bonds is 6. The van der Waals surface area contributed by atoms with E-state index in [1.54, 1.807) is 18.9 Å². The lowest BCUT2D eigenvalue weighted by Gasteiger charge is -2.10. The van der Waals surface area contributed by atoms with Crippen LogP contribution in [0.2, 0.25) is 0 Å². The average molecular weight is 268 g/mol. The van der Waals surface area contributed by atoms with E-state index in [-0.39, 0.29) is 0 Å². The number of hydrogen-bond donors (Lipinski definition) is 2. The summed E-state index contributed by atoms with van der Waals surface area (Å²) in [5.74, 6) is 8.69. The highest BCUT2D eigenvalue weighted by Gasteiger charge is 2.15. The Morgan fingerprint density at radius 1 is 1.44 bits per heavy atom. The van der Waals surface area contributed by atoms with Gasteiger partial charge in [-0.2, -0.15) is 0 Å². The van der Waals surface area contributed by atoms with Gasteiger partial charge in [0.1, 0.15) is 17.5 Å². The SMILES string of the molecule is COCc1nc(NN)cc(SCC2CCCC2)n1. The van der Waals surface area contributed by atoms with E-state index in [1.807, 2.05) is 6.07 Å². The van der Waals surface area contributed by atoms with Gasteiger partial charge in [-0.05, 0) is 18.8 Å². The van der Waals surface area contributed by atoms with Crippen molar-refractivity contribution in [1.29, 1.82) is 0 Å². The molecule has 0 amide bonds. The number of nitrogens with zero attached hydrogens (tertiary/aromatic N) is 2. The van der Waals surface area contributed by atoms with E-state index in [9.17, 15) is 0 Å². The van der Waals surface area contributed by atoms with E-state index in [1.165, 1.54) is 25.7 Å². The van der Waals surface area contributed by atoms with E-state index in [0.29, 0.717) is 18.2 Å². The van der Waals surface area contributed by atoms with Crippen molar-refractivity contribution in [2.24, 2.45) is 11.8 Å². The summed E-state index contributed by atoms with van der Waals surface area (Å²) in [6, 6.07) is 1.89. The molecule has 1 aromatic rings. The van der Waals surface area contributed by atoms with Crippen molar-refractivity contribution in [3.05, 3.63) is 11.9 Å². The number of ether oxygens (including phenoxy) is 1. The molecule has 0 bridgehead atoms. The lowest BCUT2D eigenvalue weighted by atomic mass is 10.1. The van der Waals surface area contributed by atoms with Gasteiger partial charge in [0.05, 0.1) is 0 Å². The molecule has 1 saturated carbocycles. The molecular weight excluding hydrogens is 248 g/mol. The second-order valence-corrected chi connectivity index (χ2v) is 5.59. The number of hydrazine groups is 1. The summed E-state index contributed by atoms with van der Waals surface area (Å²) in [6.45, 7) is 0.409. The second-order valence-electron chi connectivity index (χ2n) is 4.55. The number of thioether (sulfide) groups is 1. The predicted octanol–water partition coefficient (Wildman–Crippen LogP) is 2.19. The van der Waals surface area contributed by atoms with Crippen LogP contribution < -0.4 is 11.3 Å². The molecule has 0 aromatic carbocycles. The zero-order valence-electron chi connectivity index (χ0n) is 10.7. The highest BCUT2D eigenvalue weighted by Crippen LogP contribution is 2.30. The first kappa shape index (κ1) is 13.6. The number of methoxy groups -OCH3 is 1. The molecule has 0 saturated heterocycles. The standard InChI is InChI=1S/C12H20N4OS/c1-17-7-11-14-10(16-13)6-12(15-11)18-8-9-4-2-3-5-9/h6,9H,2-5,7-8,13H2,1H3,(H,14,15,16). The molecule has 18 heavy (non-hydrogen) atoms. The first-order valence-corrected chi connectivity index (χ1v) is 7.26. The minimum atomic E-state index is 0.409. The second kappa shape index (κ2) is 6.92. The van der Waals surface area contributed by atoms with Gasteiger partial charge in [0.25, 0.3) is 0 Å². The van der Waals surface area contributed by atoms with E-state index >= 15 is 0 Å². The van der Waals surface area contributed by atoms with Crippen LogP contribution in [0.5, 0.6) is 0 Å². The Morgan fingerprint density at radius 2 is 2.22 bits per heavy atom. The van der Waals surface area contributed by atoms with Crippen LogP contribution in [0.4, 0.5) is 5.82 Å². The maximum atomic E-state index is 5.41. The van der Waals surface area contributed by atoms with Crippen molar-refractivity contribution in [3.63, 3.8) is 0 Å². The monoisotopic (exact) mass is 268 g/mol. The van der Waals surface area contributed by atoms with Crippen molar-refractivity contribution in [2.75, 3.05) is 18.3 Å². The van der Waals surface area contributed by atoms with Crippen LogP contribution in [0.15, 0.2) is 11.1 Å². The number of nitrogens with two attached hydrogens (primary N) is 1. The highest BCUT2D eigenvalue weighted by molar-refractivity contribution is 7.99. The number of nitrogen functional groups attached to an aromatic ring is 1. The van der Waals surface area contributed by atoms with Crippen LogP contribution >= 0.6 is 11.8 Å². The van der Waals surface area contributed by atoms with E-state index in [4.69, 9.17) is 10.6 Å². The van der Waals surface area contributed by atoms with Crippen molar-refractivity contribution in [2.45, 2.75) is 37.3 Å². The molecule has 3 N–H and O–H groups in total. The maximum absolute atomic E-state index is 5.41. The Balaban J connectivity index is 1.98. The molecule has 0 spiro atoms. The van der Waals surface area contributed by atoms with E-state index < -0.39 is 0 Å². The first-order chi connectivity index (χ1) is 8.81. The molecule has 0 aliphatic heterocycles. The molecule has 0 radical (unpaired) electrons. The molecule has 0 atom stereocenters. The van der Waals surface area contributed by atoms with Gasteiger partial charge < -0.3 is 10.2 Å². The van der Waals surface area contributed by atoms with Gasteiger partial charge in [-0.15, -0.1) is 11.8 Å². The van der Waals surface area contributed by atoms with Crippen LogP contribution in [0.25, 0.3) is 0 Å². The van der Waals surface area contributed by atoms with E-state index in [0.717, 1.165) is 16.7 Å². The Morgan fingerprint density at radius 3 is 2.89 bits per heavy atom. The molecule has 1 aliphatic rings. The average Bonchev–Trinajstić information content (AvgIpc) is 2.89. The molecule has 1 heterocycles. The molecule has 5 nitrogen and oxygen atoms in total. The van der Waals surface area contributed by atoms with Gasteiger partial charge in [-0.3, -0.25) is 0 Å². The minimum absolute atomic E-state index is 0.409. The van der Waals surface area contributed by atoms with Crippen LogP contribution in [-0.2, 0) is 11.3 Å². The first-order valence-electron chi connectivity index (χ1n) is 6.28. The lowest BCUT2D eigenvalue weighted by molar-refractivity contribution is 0.177. The largest absolute Gasteiger partial charge is 0.377 e. The van der Waals surface area contributed by atoms with Gasteiger partial charge in [0, 0.05) is 18.9 Å².